The van der Waals surface area contributed by atoms with Gasteiger partial charge in [0.2, 0.25) is 0 Å². The second-order valence-corrected chi connectivity index (χ2v) is 3.36. The van der Waals surface area contributed by atoms with Crippen LogP contribution in [-0.2, 0) is 4.79 Å². The van der Waals surface area contributed by atoms with Crippen LogP contribution in [0.5, 0.6) is 5.75 Å². The number of carbonyl (C=O) groups excluding carboxylic acids is 2. The van der Waals surface area contributed by atoms with Gasteiger partial charge in [0, 0.05) is 0 Å². The predicted molar refractivity (Wildman–Crippen MR) is 60.3 cm³/mol. The van der Waals surface area contributed by atoms with Gasteiger partial charge in [-0.25, -0.2) is 0 Å². The van der Waals surface area contributed by atoms with Crippen molar-refractivity contribution in [3.05, 3.63) is 29.3 Å². The van der Waals surface area contributed by atoms with E-state index >= 15 is 0 Å². The average Bonchev–Trinajstić information content (AvgIpc) is 2.28. The second-order valence-electron chi connectivity index (χ2n) is 3.36. The Morgan fingerprint density at radius 2 is 2.06 bits per heavy atom. The van der Waals surface area contributed by atoms with Crippen LogP contribution in [0.3, 0.4) is 0 Å². The van der Waals surface area contributed by atoms with Gasteiger partial charge in [-0.1, -0.05) is 6.07 Å². The third-order valence-corrected chi connectivity index (χ3v) is 2.15. The fraction of sp³-hybridized carbons (Fsp3) is 0.273. The molecule has 92 valence electrons. The number of benzene rings is 1. The van der Waals surface area contributed by atoms with Crippen LogP contribution < -0.4 is 16.2 Å². The highest BCUT2D eigenvalue weighted by molar-refractivity contribution is 5.96. The number of aliphatic hydroxyl groups is 1. The van der Waals surface area contributed by atoms with Crippen LogP contribution in [0.4, 0.5) is 0 Å². The second kappa shape index (κ2) is 5.31. The van der Waals surface area contributed by atoms with Gasteiger partial charge in [-0.15, -0.1) is 0 Å². The average molecular weight is 238 g/mol. The summed E-state index contributed by atoms with van der Waals surface area (Å²) in [4.78, 5) is 22.0. The lowest BCUT2D eigenvalue weighted by Gasteiger charge is -2.11. The van der Waals surface area contributed by atoms with Crippen LogP contribution in [0.25, 0.3) is 0 Å². The summed E-state index contributed by atoms with van der Waals surface area (Å²) in [6, 6.07) is 4.21. The summed E-state index contributed by atoms with van der Waals surface area (Å²) in [7, 11) is 0. The van der Waals surface area contributed by atoms with Crippen molar-refractivity contribution in [3.8, 4) is 5.75 Å². The summed E-state index contributed by atoms with van der Waals surface area (Å²) in [5.74, 6) is -1.29. The minimum Gasteiger partial charge on any atom is -0.493 e. The molecule has 1 atom stereocenters. The van der Waals surface area contributed by atoms with E-state index in [0.717, 1.165) is 0 Å². The zero-order chi connectivity index (χ0) is 13.0. The van der Waals surface area contributed by atoms with Crippen molar-refractivity contribution < 1.29 is 19.4 Å². The number of rotatable bonds is 5. The normalized spacial score (nSPS) is 11.9. The fourth-order valence-corrected chi connectivity index (χ4v) is 1.36. The van der Waals surface area contributed by atoms with E-state index in [1.54, 1.807) is 6.92 Å². The third kappa shape index (κ3) is 2.94. The van der Waals surface area contributed by atoms with Crippen LogP contribution in [0.1, 0.15) is 28.9 Å². The van der Waals surface area contributed by atoms with E-state index in [0.29, 0.717) is 12.4 Å². The van der Waals surface area contributed by atoms with Crippen LogP contribution in [-0.4, -0.2) is 23.5 Å². The first-order valence-corrected chi connectivity index (χ1v) is 5.01. The van der Waals surface area contributed by atoms with Gasteiger partial charge in [0.1, 0.15) is 5.75 Å². The molecule has 2 amide bonds. The van der Waals surface area contributed by atoms with E-state index in [2.05, 4.69) is 0 Å². The van der Waals surface area contributed by atoms with Crippen molar-refractivity contribution in [3.63, 3.8) is 0 Å². The molecule has 6 heteroatoms. The molecule has 0 aliphatic carbocycles. The first kappa shape index (κ1) is 13.0. The lowest BCUT2D eigenvalue weighted by Crippen LogP contribution is -2.22. The van der Waals surface area contributed by atoms with Crippen molar-refractivity contribution in [2.24, 2.45) is 11.5 Å². The van der Waals surface area contributed by atoms with Gasteiger partial charge in [-0.05, 0) is 24.6 Å². The van der Waals surface area contributed by atoms with E-state index < -0.39 is 17.9 Å². The highest BCUT2D eigenvalue weighted by Crippen LogP contribution is 2.23. The number of amides is 2. The Balaban J connectivity index is 3.18. The lowest BCUT2D eigenvalue weighted by atomic mass is 10.0. The first-order valence-electron chi connectivity index (χ1n) is 5.01. The monoisotopic (exact) mass is 238 g/mol. The van der Waals surface area contributed by atoms with E-state index in [-0.39, 0.29) is 11.1 Å². The molecule has 0 spiro atoms. The third-order valence-electron chi connectivity index (χ3n) is 2.15. The van der Waals surface area contributed by atoms with Crippen molar-refractivity contribution in [1.29, 1.82) is 0 Å². The van der Waals surface area contributed by atoms with E-state index in [9.17, 15) is 14.7 Å². The number of ether oxygens (including phenoxy) is 1. The summed E-state index contributed by atoms with van der Waals surface area (Å²) in [5, 5.41) is 9.46. The molecule has 1 aromatic rings. The SMILES string of the molecule is CCOc1ccc(C(O)C(N)=O)cc1C(N)=O. The van der Waals surface area contributed by atoms with Gasteiger partial charge in [-0.2, -0.15) is 0 Å². The van der Waals surface area contributed by atoms with Gasteiger partial charge in [0.25, 0.3) is 11.8 Å². The molecular weight excluding hydrogens is 224 g/mol. The van der Waals surface area contributed by atoms with Crippen molar-refractivity contribution in [1.82, 2.24) is 0 Å². The molecule has 0 aliphatic heterocycles. The van der Waals surface area contributed by atoms with Crippen molar-refractivity contribution >= 4 is 11.8 Å². The minimum atomic E-state index is -1.47. The van der Waals surface area contributed by atoms with E-state index in [4.69, 9.17) is 16.2 Å². The summed E-state index contributed by atoms with van der Waals surface area (Å²) in [5.41, 5.74) is 10.4. The lowest BCUT2D eigenvalue weighted by molar-refractivity contribution is -0.126. The standard InChI is InChI=1S/C11H14N2O4/c1-2-17-8-4-3-6(9(14)11(13)16)5-7(8)10(12)15/h3-5,9,14H,2H2,1H3,(H2,12,15)(H2,13,16). The van der Waals surface area contributed by atoms with Crippen molar-refractivity contribution in [2.75, 3.05) is 6.61 Å². The predicted octanol–water partition coefficient (Wildman–Crippen LogP) is -0.297. The Morgan fingerprint density at radius 3 is 2.53 bits per heavy atom. The van der Waals surface area contributed by atoms with Gasteiger partial charge in [0.05, 0.1) is 12.2 Å². The van der Waals surface area contributed by atoms with Gasteiger partial charge in [-0.3, -0.25) is 9.59 Å². The summed E-state index contributed by atoms with van der Waals surface area (Å²) >= 11 is 0. The molecular formula is C11H14N2O4. The molecule has 0 aliphatic rings. The molecule has 0 radical (unpaired) electrons. The minimum absolute atomic E-state index is 0.102. The van der Waals surface area contributed by atoms with Crippen molar-refractivity contribution in [2.45, 2.75) is 13.0 Å². The molecule has 0 fully saturated rings. The molecule has 1 rings (SSSR count). The molecule has 0 aromatic heterocycles. The molecule has 5 N–H and O–H groups in total. The molecule has 0 saturated heterocycles. The molecule has 6 nitrogen and oxygen atoms in total. The van der Waals surface area contributed by atoms with E-state index in [1.165, 1.54) is 18.2 Å². The summed E-state index contributed by atoms with van der Waals surface area (Å²) < 4.78 is 5.19. The first-order chi connectivity index (χ1) is 7.97. The van der Waals surface area contributed by atoms with Crippen LogP contribution in [0, 0.1) is 0 Å². The van der Waals surface area contributed by atoms with Crippen LogP contribution in [0.2, 0.25) is 0 Å². The molecule has 1 aromatic carbocycles. The Labute approximate surface area is 98.2 Å². The summed E-state index contributed by atoms with van der Waals surface area (Å²) in [6.45, 7) is 2.13. The zero-order valence-electron chi connectivity index (χ0n) is 9.34. The maximum atomic E-state index is 11.2. The highest BCUT2D eigenvalue weighted by Gasteiger charge is 2.17. The maximum Gasteiger partial charge on any atom is 0.252 e. The Bertz CT molecular complexity index is 445. The Morgan fingerprint density at radius 1 is 1.41 bits per heavy atom. The molecule has 17 heavy (non-hydrogen) atoms. The molecule has 1 unspecified atom stereocenters. The largest absolute Gasteiger partial charge is 0.493 e. The topological polar surface area (TPSA) is 116 Å². The highest BCUT2D eigenvalue weighted by atomic mass is 16.5. The maximum absolute atomic E-state index is 11.2. The van der Waals surface area contributed by atoms with Crippen LogP contribution in [0.15, 0.2) is 18.2 Å². The van der Waals surface area contributed by atoms with Gasteiger partial charge < -0.3 is 21.3 Å². The number of nitrogens with two attached hydrogens (primary N) is 2. The number of primary amides is 2. The molecule has 0 heterocycles. The Kier molecular flexibility index (Phi) is 4.06. The fourth-order valence-electron chi connectivity index (χ4n) is 1.36. The number of aliphatic hydroxyl groups excluding tert-OH is 1. The quantitative estimate of drug-likeness (QED) is 0.653. The van der Waals surface area contributed by atoms with Crippen LogP contribution >= 0.6 is 0 Å². The molecule has 0 bridgehead atoms. The smallest absolute Gasteiger partial charge is 0.252 e. The number of carbonyl (C=O) groups is 2. The summed E-state index contributed by atoms with van der Waals surface area (Å²) in [6.07, 6.45) is -1.47. The Hall–Kier alpha value is -2.08. The number of hydrogen-bond acceptors (Lipinski definition) is 4. The zero-order valence-corrected chi connectivity index (χ0v) is 9.34. The number of hydrogen-bond donors (Lipinski definition) is 3. The van der Waals surface area contributed by atoms with Gasteiger partial charge >= 0.3 is 0 Å². The molecule has 0 saturated carbocycles. The van der Waals surface area contributed by atoms with E-state index in [1.807, 2.05) is 0 Å². The van der Waals surface area contributed by atoms with Gasteiger partial charge in [0.15, 0.2) is 6.10 Å².